The molecule has 0 aliphatic carbocycles. The summed E-state index contributed by atoms with van der Waals surface area (Å²) in [6.07, 6.45) is 0. The number of hydrogen-bond acceptors (Lipinski definition) is 6. The molecule has 1 saturated heterocycles. The van der Waals surface area contributed by atoms with Crippen molar-refractivity contribution in [2.24, 2.45) is 0 Å². The number of nitrogens with one attached hydrogen (secondary N) is 1. The van der Waals surface area contributed by atoms with E-state index in [-0.39, 0.29) is 17.6 Å². The standard InChI is InChI=1S/C21H26N4O4/c1-23(2)18-7-3-16(4-8-18)20(24-11-13-29-14-12-24)15-22-21(26)17-5-9-19(10-6-17)25(27)28/h3-10,20H,11-15H2,1-2H3,(H,22,26)/t20-/m0/s1. The predicted octanol–water partition coefficient (Wildman–Crippen LogP) is 2.46. The number of benzene rings is 2. The molecule has 1 aliphatic heterocycles. The van der Waals surface area contributed by atoms with Crippen molar-refractivity contribution in [2.45, 2.75) is 6.04 Å². The molecule has 8 nitrogen and oxygen atoms in total. The second-order valence-electron chi connectivity index (χ2n) is 7.16. The number of amides is 1. The average Bonchev–Trinajstić information content (AvgIpc) is 2.75. The third kappa shape index (κ3) is 5.30. The zero-order valence-electron chi connectivity index (χ0n) is 16.7. The fraction of sp³-hybridized carbons (Fsp3) is 0.381. The van der Waals surface area contributed by atoms with Gasteiger partial charge in [-0.1, -0.05) is 12.1 Å². The number of morpholine rings is 1. The van der Waals surface area contributed by atoms with Crippen LogP contribution in [0, 0.1) is 10.1 Å². The Bertz CT molecular complexity index is 831. The molecule has 1 aliphatic rings. The van der Waals surface area contributed by atoms with Crippen LogP contribution in [0.3, 0.4) is 0 Å². The topological polar surface area (TPSA) is 88.0 Å². The van der Waals surface area contributed by atoms with Gasteiger partial charge in [-0.05, 0) is 29.8 Å². The van der Waals surface area contributed by atoms with Crippen LogP contribution in [-0.4, -0.2) is 62.7 Å². The molecule has 1 amide bonds. The second-order valence-corrected chi connectivity index (χ2v) is 7.16. The highest BCUT2D eigenvalue weighted by Crippen LogP contribution is 2.24. The van der Waals surface area contributed by atoms with Gasteiger partial charge in [0.1, 0.15) is 0 Å². The van der Waals surface area contributed by atoms with Crippen molar-refractivity contribution >= 4 is 17.3 Å². The van der Waals surface area contributed by atoms with Crippen molar-refractivity contribution in [3.8, 4) is 0 Å². The number of carbonyl (C=O) groups is 1. The van der Waals surface area contributed by atoms with Gasteiger partial charge < -0.3 is 15.0 Å². The first-order valence-corrected chi connectivity index (χ1v) is 9.57. The molecule has 1 fully saturated rings. The van der Waals surface area contributed by atoms with Crippen molar-refractivity contribution in [3.63, 3.8) is 0 Å². The largest absolute Gasteiger partial charge is 0.379 e. The van der Waals surface area contributed by atoms with Crippen LogP contribution in [-0.2, 0) is 4.74 Å². The van der Waals surface area contributed by atoms with E-state index in [1.807, 2.05) is 19.0 Å². The first-order chi connectivity index (χ1) is 14.0. The van der Waals surface area contributed by atoms with Gasteiger partial charge in [0.05, 0.1) is 24.2 Å². The van der Waals surface area contributed by atoms with E-state index in [0.29, 0.717) is 25.3 Å². The molecule has 1 heterocycles. The zero-order valence-corrected chi connectivity index (χ0v) is 16.7. The van der Waals surface area contributed by atoms with Gasteiger partial charge in [-0.15, -0.1) is 0 Å². The van der Waals surface area contributed by atoms with Crippen molar-refractivity contribution in [1.82, 2.24) is 10.2 Å². The summed E-state index contributed by atoms with van der Waals surface area (Å²) in [5.41, 5.74) is 2.61. The quantitative estimate of drug-likeness (QED) is 0.569. The highest BCUT2D eigenvalue weighted by Gasteiger charge is 2.23. The van der Waals surface area contributed by atoms with Crippen LogP contribution in [0.4, 0.5) is 11.4 Å². The van der Waals surface area contributed by atoms with Crippen molar-refractivity contribution < 1.29 is 14.5 Å². The number of rotatable bonds is 7. The number of anilines is 1. The van der Waals surface area contributed by atoms with E-state index in [0.717, 1.165) is 24.3 Å². The number of nitrogens with zero attached hydrogens (tertiary/aromatic N) is 3. The number of non-ortho nitro benzene ring substituents is 1. The maximum absolute atomic E-state index is 12.6. The molecule has 8 heteroatoms. The third-order valence-electron chi connectivity index (χ3n) is 5.08. The first kappa shape index (κ1) is 20.8. The van der Waals surface area contributed by atoms with Gasteiger partial charge in [0, 0.05) is 57.1 Å². The van der Waals surface area contributed by atoms with Crippen LogP contribution in [0.1, 0.15) is 22.0 Å². The zero-order chi connectivity index (χ0) is 20.8. The highest BCUT2D eigenvalue weighted by molar-refractivity contribution is 5.94. The number of hydrogen-bond donors (Lipinski definition) is 1. The number of ether oxygens (including phenoxy) is 1. The Labute approximate surface area is 170 Å². The van der Waals surface area contributed by atoms with Gasteiger partial charge in [-0.2, -0.15) is 0 Å². The summed E-state index contributed by atoms with van der Waals surface area (Å²) >= 11 is 0. The van der Waals surface area contributed by atoms with Crippen molar-refractivity contribution in [2.75, 3.05) is 51.8 Å². The molecule has 1 N–H and O–H groups in total. The summed E-state index contributed by atoms with van der Waals surface area (Å²) in [6, 6.07) is 14.0. The van der Waals surface area contributed by atoms with Gasteiger partial charge in [0.15, 0.2) is 0 Å². The maximum atomic E-state index is 12.6. The summed E-state index contributed by atoms with van der Waals surface area (Å²) in [5.74, 6) is -0.247. The van der Waals surface area contributed by atoms with Gasteiger partial charge >= 0.3 is 0 Å². The lowest BCUT2D eigenvalue weighted by Crippen LogP contribution is -2.43. The number of nitro benzene ring substituents is 1. The molecule has 0 radical (unpaired) electrons. The average molecular weight is 398 g/mol. The smallest absolute Gasteiger partial charge is 0.269 e. The minimum atomic E-state index is -0.479. The third-order valence-corrected chi connectivity index (χ3v) is 5.08. The number of carbonyl (C=O) groups excluding carboxylic acids is 1. The molecule has 2 aromatic rings. The van der Waals surface area contributed by atoms with Gasteiger partial charge in [0.2, 0.25) is 0 Å². The van der Waals surface area contributed by atoms with Crippen molar-refractivity contribution in [1.29, 1.82) is 0 Å². The Hall–Kier alpha value is -2.97. The fourth-order valence-corrected chi connectivity index (χ4v) is 3.37. The molecule has 154 valence electrons. The van der Waals surface area contributed by atoms with E-state index in [2.05, 4.69) is 34.5 Å². The summed E-state index contributed by atoms with van der Waals surface area (Å²) in [6.45, 7) is 3.38. The van der Waals surface area contributed by atoms with Crippen molar-refractivity contribution in [3.05, 3.63) is 69.8 Å². The molecule has 0 spiro atoms. The Kier molecular flexibility index (Phi) is 6.79. The predicted molar refractivity (Wildman–Crippen MR) is 111 cm³/mol. The molecule has 0 saturated carbocycles. The lowest BCUT2D eigenvalue weighted by Gasteiger charge is -2.35. The Morgan fingerprint density at radius 2 is 1.76 bits per heavy atom. The Morgan fingerprint density at radius 1 is 1.14 bits per heavy atom. The van der Waals surface area contributed by atoms with E-state index in [4.69, 9.17) is 4.74 Å². The molecule has 0 unspecified atom stereocenters. The second kappa shape index (κ2) is 9.49. The molecular weight excluding hydrogens is 372 g/mol. The molecule has 2 aromatic carbocycles. The monoisotopic (exact) mass is 398 g/mol. The summed E-state index contributed by atoms with van der Waals surface area (Å²) in [4.78, 5) is 27.2. The summed E-state index contributed by atoms with van der Waals surface area (Å²) in [7, 11) is 4.00. The summed E-state index contributed by atoms with van der Waals surface area (Å²) < 4.78 is 5.47. The van der Waals surface area contributed by atoms with E-state index >= 15 is 0 Å². The molecule has 29 heavy (non-hydrogen) atoms. The maximum Gasteiger partial charge on any atom is 0.269 e. The van der Waals surface area contributed by atoms with E-state index in [9.17, 15) is 14.9 Å². The number of nitro groups is 1. The van der Waals surface area contributed by atoms with E-state index in [1.54, 1.807) is 0 Å². The lowest BCUT2D eigenvalue weighted by molar-refractivity contribution is -0.384. The van der Waals surface area contributed by atoms with Crippen LogP contribution >= 0.6 is 0 Å². The van der Waals surface area contributed by atoms with Crippen LogP contribution in [0.2, 0.25) is 0 Å². The SMILES string of the molecule is CN(C)c1ccc([C@H](CNC(=O)c2ccc([N+](=O)[O-])cc2)N2CCOCC2)cc1. The van der Waals surface area contributed by atoms with Crippen LogP contribution < -0.4 is 10.2 Å². The first-order valence-electron chi connectivity index (χ1n) is 9.57. The molecule has 3 rings (SSSR count). The Morgan fingerprint density at radius 3 is 2.31 bits per heavy atom. The molecule has 0 aromatic heterocycles. The van der Waals surface area contributed by atoms with Crippen LogP contribution in [0.15, 0.2) is 48.5 Å². The van der Waals surface area contributed by atoms with Gasteiger partial charge in [-0.25, -0.2) is 0 Å². The van der Waals surface area contributed by atoms with E-state index < -0.39 is 4.92 Å². The fourth-order valence-electron chi connectivity index (χ4n) is 3.37. The lowest BCUT2D eigenvalue weighted by atomic mass is 10.0. The molecular formula is C21H26N4O4. The Balaban J connectivity index is 1.72. The molecule has 0 bridgehead atoms. The normalized spacial score (nSPS) is 15.5. The van der Waals surface area contributed by atoms with Crippen LogP contribution in [0.25, 0.3) is 0 Å². The van der Waals surface area contributed by atoms with Gasteiger partial charge in [-0.3, -0.25) is 19.8 Å². The minimum absolute atomic E-state index is 0.0251. The van der Waals surface area contributed by atoms with Gasteiger partial charge in [0.25, 0.3) is 11.6 Å². The summed E-state index contributed by atoms with van der Waals surface area (Å²) in [5, 5.41) is 13.8. The minimum Gasteiger partial charge on any atom is -0.379 e. The van der Waals surface area contributed by atoms with E-state index in [1.165, 1.54) is 24.3 Å². The highest BCUT2D eigenvalue weighted by atomic mass is 16.6. The van der Waals surface area contributed by atoms with Crippen LogP contribution in [0.5, 0.6) is 0 Å². The molecule has 1 atom stereocenters.